The number of hydrogen-bond donors (Lipinski definition) is 1. The number of carbonyl (C=O) groups is 1. The third kappa shape index (κ3) is 3.74. The van der Waals surface area contributed by atoms with Gasteiger partial charge in [0.15, 0.2) is 0 Å². The molecule has 1 N–H and O–H groups in total. The second-order valence-electron chi connectivity index (χ2n) is 6.40. The molecule has 0 spiro atoms. The fraction of sp³-hybridized carbons (Fsp3) is 0.389. The lowest BCUT2D eigenvalue weighted by molar-refractivity contribution is -0.118. The zero-order valence-electron chi connectivity index (χ0n) is 15.0. The molecule has 1 saturated heterocycles. The van der Waals surface area contributed by atoms with Crippen LogP contribution in [0.15, 0.2) is 29.2 Å². The van der Waals surface area contributed by atoms with E-state index in [1.54, 1.807) is 12.3 Å². The largest absolute Gasteiger partial charge is 0.354 e. The maximum absolute atomic E-state index is 12.5. The molecule has 140 valence electrons. The van der Waals surface area contributed by atoms with Gasteiger partial charge >= 0.3 is 0 Å². The molecule has 3 aromatic rings. The molecule has 0 amide bonds. The molecule has 0 atom stereocenters. The molecule has 4 rings (SSSR count). The first-order valence-electron chi connectivity index (χ1n) is 8.97. The molecule has 1 aliphatic rings. The second kappa shape index (κ2) is 7.53. The van der Waals surface area contributed by atoms with Crippen molar-refractivity contribution >= 4 is 27.9 Å². The predicted octanol–water partition coefficient (Wildman–Crippen LogP) is 1.14. The lowest BCUT2D eigenvalue weighted by Crippen LogP contribution is -2.44. The Morgan fingerprint density at radius 2 is 2.11 bits per heavy atom. The van der Waals surface area contributed by atoms with E-state index in [0.29, 0.717) is 34.3 Å². The van der Waals surface area contributed by atoms with Crippen molar-refractivity contribution in [2.75, 3.05) is 31.1 Å². The molecule has 0 radical (unpaired) electrons. The molecule has 0 aliphatic carbocycles. The van der Waals surface area contributed by atoms with Gasteiger partial charge in [0.25, 0.3) is 5.56 Å². The van der Waals surface area contributed by atoms with E-state index in [1.807, 2.05) is 19.1 Å². The van der Waals surface area contributed by atoms with E-state index in [-0.39, 0.29) is 11.3 Å². The van der Waals surface area contributed by atoms with Gasteiger partial charge in [0.2, 0.25) is 4.96 Å². The maximum atomic E-state index is 12.5. The van der Waals surface area contributed by atoms with Gasteiger partial charge in [0, 0.05) is 62.5 Å². The highest BCUT2D eigenvalue weighted by Gasteiger charge is 2.16. The Labute approximate surface area is 159 Å². The number of nitrogens with one attached hydrogen (secondary N) is 1. The number of aromatic nitrogens is 4. The van der Waals surface area contributed by atoms with Crippen LogP contribution in [0.2, 0.25) is 0 Å². The van der Waals surface area contributed by atoms with Crippen LogP contribution >= 0.6 is 11.3 Å². The number of carbonyl (C=O) groups excluding carboxylic acids is 1. The summed E-state index contributed by atoms with van der Waals surface area (Å²) in [4.78, 5) is 35.8. The Bertz CT molecular complexity index is 1040. The van der Waals surface area contributed by atoms with Crippen LogP contribution in [0.1, 0.15) is 19.0 Å². The smallest absolute Gasteiger partial charge is 0.277 e. The van der Waals surface area contributed by atoms with Crippen molar-refractivity contribution in [2.24, 2.45) is 0 Å². The van der Waals surface area contributed by atoms with Gasteiger partial charge in [-0.05, 0) is 12.1 Å². The van der Waals surface area contributed by atoms with E-state index in [4.69, 9.17) is 0 Å². The summed E-state index contributed by atoms with van der Waals surface area (Å²) in [5.41, 5.74) is 1.36. The average molecular weight is 384 g/mol. The summed E-state index contributed by atoms with van der Waals surface area (Å²) in [6.07, 6.45) is 2.46. The van der Waals surface area contributed by atoms with Crippen molar-refractivity contribution in [3.05, 3.63) is 40.4 Å². The van der Waals surface area contributed by atoms with E-state index < -0.39 is 0 Å². The fourth-order valence-corrected chi connectivity index (χ4v) is 3.90. The minimum Gasteiger partial charge on any atom is -0.354 e. The molecule has 4 heterocycles. The first-order valence-corrected chi connectivity index (χ1v) is 9.79. The molecule has 3 aromatic heterocycles. The number of pyridine rings is 1. The highest BCUT2D eigenvalue weighted by atomic mass is 32.1. The number of piperazine rings is 1. The first kappa shape index (κ1) is 17.7. The number of rotatable bonds is 5. The number of Topliss-reactive ketones (excluding diaryl/α,β-unsaturated/α-hetero) is 1. The molecule has 0 bridgehead atoms. The van der Waals surface area contributed by atoms with Crippen LogP contribution < -0.4 is 15.8 Å². The van der Waals surface area contributed by atoms with Crippen molar-refractivity contribution in [3.63, 3.8) is 0 Å². The van der Waals surface area contributed by atoms with Gasteiger partial charge in [-0.2, -0.15) is 9.61 Å². The van der Waals surface area contributed by atoms with Crippen LogP contribution in [-0.2, 0) is 11.2 Å². The van der Waals surface area contributed by atoms with Crippen LogP contribution in [-0.4, -0.2) is 51.5 Å². The predicted molar refractivity (Wildman–Crippen MR) is 104 cm³/mol. The van der Waals surface area contributed by atoms with Gasteiger partial charge in [0.1, 0.15) is 16.6 Å². The van der Waals surface area contributed by atoms with Gasteiger partial charge in [-0.25, -0.2) is 4.98 Å². The summed E-state index contributed by atoms with van der Waals surface area (Å²) in [7, 11) is 0. The van der Waals surface area contributed by atoms with Crippen molar-refractivity contribution in [1.82, 2.24) is 24.9 Å². The maximum Gasteiger partial charge on any atom is 0.277 e. The highest BCUT2D eigenvalue weighted by Crippen LogP contribution is 2.25. The quantitative estimate of drug-likeness (QED) is 0.705. The first-order chi connectivity index (χ1) is 13.1. The van der Waals surface area contributed by atoms with Crippen molar-refractivity contribution in [1.29, 1.82) is 0 Å². The van der Waals surface area contributed by atoms with Crippen molar-refractivity contribution in [3.8, 4) is 10.6 Å². The zero-order chi connectivity index (χ0) is 18.8. The summed E-state index contributed by atoms with van der Waals surface area (Å²) >= 11 is 1.36. The van der Waals surface area contributed by atoms with E-state index in [2.05, 4.69) is 25.3 Å². The van der Waals surface area contributed by atoms with E-state index >= 15 is 0 Å². The van der Waals surface area contributed by atoms with Crippen molar-refractivity contribution < 1.29 is 4.79 Å². The minimum atomic E-state index is -0.188. The lowest BCUT2D eigenvalue weighted by atomic mass is 10.1. The SMILES string of the molecule is CCC(=O)Cc1cc(-c2nn3c(=O)cc(N4CCNCC4)nc3s2)ccn1. The Morgan fingerprint density at radius 1 is 1.30 bits per heavy atom. The fourth-order valence-electron chi connectivity index (χ4n) is 3.01. The summed E-state index contributed by atoms with van der Waals surface area (Å²) in [6, 6.07) is 5.23. The normalized spacial score (nSPS) is 14.6. The van der Waals surface area contributed by atoms with Gasteiger partial charge in [0.05, 0.1) is 0 Å². The second-order valence-corrected chi connectivity index (χ2v) is 7.35. The standard InChI is InChI=1S/C18H20N6O2S/c1-2-14(25)10-13-9-12(3-4-20-13)17-22-24-16(26)11-15(21-18(24)27-17)23-7-5-19-6-8-23/h3-4,9,11,19H,2,5-8,10H2,1H3. The molecule has 1 aliphatic heterocycles. The molecule has 27 heavy (non-hydrogen) atoms. The van der Waals surface area contributed by atoms with Crippen LogP contribution in [0.25, 0.3) is 15.5 Å². The summed E-state index contributed by atoms with van der Waals surface area (Å²) in [5.74, 6) is 0.836. The van der Waals surface area contributed by atoms with Crippen LogP contribution in [0.4, 0.5) is 5.82 Å². The van der Waals surface area contributed by atoms with Crippen molar-refractivity contribution in [2.45, 2.75) is 19.8 Å². The number of ketones is 1. The Hall–Kier alpha value is -2.65. The third-order valence-corrected chi connectivity index (χ3v) is 5.47. The highest BCUT2D eigenvalue weighted by molar-refractivity contribution is 7.19. The zero-order valence-corrected chi connectivity index (χ0v) is 15.8. The lowest BCUT2D eigenvalue weighted by Gasteiger charge is -2.27. The number of fused-ring (bicyclic) bond motifs is 1. The number of hydrogen-bond acceptors (Lipinski definition) is 8. The topological polar surface area (TPSA) is 92.5 Å². The minimum absolute atomic E-state index is 0.141. The molecule has 8 nitrogen and oxygen atoms in total. The van der Waals surface area contributed by atoms with Crippen LogP contribution in [0.3, 0.4) is 0 Å². The molecule has 0 aromatic carbocycles. The van der Waals surface area contributed by atoms with Gasteiger partial charge in [-0.15, -0.1) is 0 Å². The molecular formula is C18H20N6O2S. The third-order valence-electron chi connectivity index (χ3n) is 4.51. The Balaban J connectivity index is 1.69. The summed E-state index contributed by atoms with van der Waals surface area (Å²) in [5, 5.41) is 8.40. The molecular weight excluding hydrogens is 364 g/mol. The van der Waals surface area contributed by atoms with Gasteiger partial charge < -0.3 is 10.2 Å². The summed E-state index contributed by atoms with van der Waals surface area (Å²) < 4.78 is 1.34. The Morgan fingerprint density at radius 3 is 2.89 bits per heavy atom. The molecule has 0 saturated carbocycles. The van der Waals surface area contributed by atoms with Gasteiger partial charge in [-0.3, -0.25) is 14.6 Å². The molecule has 1 fully saturated rings. The average Bonchev–Trinajstić information content (AvgIpc) is 3.14. The van der Waals surface area contributed by atoms with Crippen LogP contribution in [0.5, 0.6) is 0 Å². The number of anilines is 1. The van der Waals surface area contributed by atoms with E-state index in [1.165, 1.54) is 15.9 Å². The van der Waals surface area contributed by atoms with E-state index in [0.717, 1.165) is 31.7 Å². The summed E-state index contributed by atoms with van der Waals surface area (Å²) in [6.45, 7) is 5.26. The monoisotopic (exact) mass is 384 g/mol. The van der Waals surface area contributed by atoms with E-state index in [9.17, 15) is 9.59 Å². The van der Waals surface area contributed by atoms with Gasteiger partial charge in [-0.1, -0.05) is 18.3 Å². The molecule has 9 heteroatoms. The number of nitrogens with zero attached hydrogens (tertiary/aromatic N) is 5. The molecule has 0 unspecified atom stereocenters. The Kier molecular flexibility index (Phi) is 4.95. The van der Waals surface area contributed by atoms with Crippen LogP contribution in [0, 0.1) is 0 Å².